The Labute approximate surface area is 119 Å². The lowest BCUT2D eigenvalue weighted by Gasteiger charge is -2.27. The third-order valence-electron chi connectivity index (χ3n) is 3.52. The standard InChI is InChI=1S/C13H23N3O4/c17-12(15-3-7-19-8-4-15)1-2-14-11-13(18)16-5-9-20-10-6-16/h14H,1-11H2. The van der Waals surface area contributed by atoms with Crippen LogP contribution >= 0.6 is 0 Å². The van der Waals surface area contributed by atoms with Crippen LogP contribution in [0.15, 0.2) is 0 Å². The summed E-state index contributed by atoms with van der Waals surface area (Å²) in [6, 6.07) is 0. The maximum atomic E-state index is 11.9. The quantitative estimate of drug-likeness (QED) is 0.635. The van der Waals surface area contributed by atoms with E-state index in [0.29, 0.717) is 65.6 Å². The Morgan fingerprint density at radius 3 is 1.90 bits per heavy atom. The highest BCUT2D eigenvalue weighted by Crippen LogP contribution is 2.00. The van der Waals surface area contributed by atoms with Crippen molar-refractivity contribution in [1.82, 2.24) is 15.1 Å². The van der Waals surface area contributed by atoms with Gasteiger partial charge in [-0.3, -0.25) is 9.59 Å². The van der Waals surface area contributed by atoms with Gasteiger partial charge in [0.25, 0.3) is 0 Å². The van der Waals surface area contributed by atoms with Gasteiger partial charge in [0.2, 0.25) is 11.8 Å². The Hall–Kier alpha value is -1.18. The molecule has 0 bridgehead atoms. The van der Waals surface area contributed by atoms with Crippen molar-refractivity contribution in [1.29, 1.82) is 0 Å². The molecule has 0 aromatic heterocycles. The van der Waals surface area contributed by atoms with Crippen LogP contribution < -0.4 is 5.32 Å². The molecule has 2 aliphatic heterocycles. The molecule has 1 N–H and O–H groups in total. The summed E-state index contributed by atoms with van der Waals surface area (Å²) in [5.41, 5.74) is 0. The average molecular weight is 285 g/mol. The van der Waals surface area contributed by atoms with E-state index in [2.05, 4.69) is 5.32 Å². The first kappa shape index (κ1) is 15.2. The number of hydrogen-bond acceptors (Lipinski definition) is 5. The summed E-state index contributed by atoms with van der Waals surface area (Å²) in [6.45, 7) is 5.95. The molecule has 7 heteroatoms. The van der Waals surface area contributed by atoms with Crippen LogP contribution in [0.5, 0.6) is 0 Å². The van der Waals surface area contributed by atoms with Crippen LogP contribution in [-0.4, -0.2) is 87.3 Å². The molecule has 0 unspecified atom stereocenters. The zero-order valence-corrected chi connectivity index (χ0v) is 11.8. The summed E-state index contributed by atoms with van der Waals surface area (Å²) in [7, 11) is 0. The van der Waals surface area contributed by atoms with Gasteiger partial charge >= 0.3 is 0 Å². The number of nitrogens with zero attached hydrogens (tertiary/aromatic N) is 2. The van der Waals surface area contributed by atoms with Crippen molar-refractivity contribution >= 4 is 11.8 Å². The molecule has 2 saturated heterocycles. The predicted octanol–water partition coefficient (Wildman–Crippen LogP) is -1.32. The summed E-state index contributed by atoms with van der Waals surface area (Å²) >= 11 is 0. The Morgan fingerprint density at radius 2 is 1.35 bits per heavy atom. The summed E-state index contributed by atoms with van der Waals surface area (Å²) in [4.78, 5) is 27.3. The monoisotopic (exact) mass is 285 g/mol. The molecule has 0 aromatic carbocycles. The minimum Gasteiger partial charge on any atom is -0.378 e. The smallest absolute Gasteiger partial charge is 0.236 e. The van der Waals surface area contributed by atoms with E-state index in [0.717, 1.165) is 0 Å². The van der Waals surface area contributed by atoms with E-state index in [9.17, 15) is 9.59 Å². The molecule has 0 aromatic rings. The third-order valence-corrected chi connectivity index (χ3v) is 3.52. The second-order valence-electron chi connectivity index (χ2n) is 4.91. The predicted molar refractivity (Wildman–Crippen MR) is 72.3 cm³/mol. The summed E-state index contributed by atoms with van der Waals surface area (Å²) in [5.74, 6) is 0.201. The molecule has 0 spiro atoms. The van der Waals surface area contributed by atoms with Crippen LogP contribution in [-0.2, 0) is 19.1 Å². The highest BCUT2D eigenvalue weighted by atomic mass is 16.5. The zero-order chi connectivity index (χ0) is 14.2. The number of rotatable bonds is 5. The minimum absolute atomic E-state index is 0.0760. The lowest BCUT2D eigenvalue weighted by atomic mass is 10.3. The van der Waals surface area contributed by atoms with Gasteiger partial charge in [-0.2, -0.15) is 0 Å². The van der Waals surface area contributed by atoms with Gasteiger partial charge in [-0.05, 0) is 0 Å². The number of carbonyl (C=O) groups is 2. The molecule has 0 saturated carbocycles. The molecular weight excluding hydrogens is 262 g/mol. The van der Waals surface area contributed by atoms with Gasteiger partial charge in [-0.1, -0.05) is 0 Å². The molecule has 0 atom stereocenters. The lowest BCUT2D eigenvalue weighted by Crippen LogP contribution is -2.45. The van der Waals surface area contributed by atoms with Gasteiger partial charge in [-0.15, -0.1) is 0 Å². The Balaban J connectivity index is 1.56. The number of carbonyl (C=O) groups excluding carboxylic acids is 2. The second-order valence-corrected chi connectivity index (χ2v) is 4.91. The molecule has 0 aliphatic carbocycles. The van der Waals surface area contributed by atoms with Gasteiger partial charge < -0.3 is 24.6 Å². The van der Waals surface area contributed by atoms with Gasteiger partial charge in [-0.25, -0.2) is 0 Å². The second kappa shape index (κ2) is 8.18. The Morgan fingerprint density at radius 1 is 0.850 bits per heavy atom. The zero-order valence-electron chi connectivity index (χ0n) is 11.8. The molecule has 114 valence electrons. The fraction of sp³-hybridized carbons (Fsp3) is 0.846. The van der Waals surface area contributed by atoms with Gasteiger partial charge in [0, 0.05) is 39.1 Å². The molecule has 2 amide bonds. The fourth-order valence-corrected chi connectivity index (χ4v) is 2.29. The van der Waals surface area contributed by atoms with Crippen LogP contribution in [0.3, 0.4) is 0 Å². The van der Waals surface area contributed by atoms with E-state index in [1.54, 1.807) is 4.90 Å². The molecule has 2 heterocycles. The van der Waals surface area contributed by atoms with E-state index >= 15 is 0 Å². The molecule has 2 aliphatic rings. The van der Waals surface area contributed by atoms with Crippen molar-refractivity contribution in [2.45, 2.75) is 6.42 Å². The van der Waals surface area contributed by atoms with Crippen molar-refractivity contribution in [2.75, 3.05) is 65.7 Å². The molecular formula is C13H23N3O4. The van der Waals surface area contributed by atoms with Gasteiger partial charge in [0.15, 0.2) is 0 Å². The van der Waals surface area contributed by atoms with Crippen molar-refractivity contribution < 1.29 is 19.1 Å². The summed E-state index contributed by atoms with van der Waals surface area (Å²) in [5, 5.41) is 3.04. The SMILES string of the molecule is O=C(CCNCC(=O)N1CCOCC1)N1CCOCC1. The number of amides is 2. The molecule has 7 nitrogen and oxygen atoms in total. The Bertz CT molecular complexity index is 294. The van der Waals surface area contributed by atoms with Gasteiger partial charge in [0.1, 0.15) is 0 Å². The van der Waals surface area contributed by atoms with Crippen molar-refractivity contribution in [3.8, 4) is 0 Å². The van der Waals surface area contributed by atoms with Crippen molar-refractivity contribution in [3.05, 3.63) is 0 Å². The molecule has 2 rings (SSSR count). The number of ether oxygens (including phenoxy) is 2. The maximum Gasteiger partial charge on any atom is 0.236 e. The van der Waals surface area contributed by atoms with E-state index < -0.39 is 0 Å². The molecule has 2 fully saturated rings. The number of nitrogens with one attached hydrogen (secondary N) is 1. The summed E-state index contributed by atoms with van der Waals surface area (Å²) in [6.07, 6.45) is 0.427. The molecule has 0 radical (unpaired) electrons. The fourth-order valence-electron chi connectivity index (χ4n) is 2.29. The first-order valence-corrected chi connectivity index (χ1v) is 7.19. The van der Waals surface area contributed by atoms with Crippen LogP contribution in [0.2, 0.25) is 0 Å². The third kappa shape index (κ3) is 4.73. The Kier molecular flexibility index (Phi) is 6.23. The maximum absolute atomic E-state index is 11.9. The highest BCUT2D eigenvalue weighted by molar-refractivity contribution is 5.79. The van der Waals surface area contributed by atoms with Crippen LogP contribution in [0, 0.1) is 0 Å². The molecule has 20 heavy (non-hydrogen) atoms. The van der Waals surface area contributed by atoms with Crippen LogP contribution in [0.25, 0.3) is 0 Å². The first-order valence-electron chi connectivity index (χ1n) is 7.19. The van der Waals surface area contributed by atoms with E-state index in [1.807, 2.05) is 4.90 Å². The topological polar surface area (TPSA) is 71.1 Å². The van der Waals surface area contributed by atoms with Crippen LogP contribution in [0.4, 0.5) is 0 Å². The lowest BCUT2D eigenvalue weighted by molar-refractivity contribution is -0.136. The average Bonchev–Trinajstić information content (AvgIpc) is 2.53. The van der Waals surface area contributed by atoms with Crippen molar-refractivity contribution in [3.63, 3.8) is 0 Å². The van der Waals surface area contributed by atoms with E-state index in [1.165, 1.54) is 0 Å². The van der Waals surface area contributed by atoms with Crippen molar-refractivity contribution in [2.24, 2.45) is 0 Å². The minimum atomic E-state index is 0.0760. The van der Waals surface area contributed by atoms with E-state index in [4.69, 9.17) is 9.47 Å². The van der Waals surface area contributed by atoms with Crippen LogP contribution in [0.1, 0.15) is 6.42 Å². The normalized spacial score (nSPS) is 20.0. The first-order chi connectivity index (χ1) is 9.77. The largest absolute Gasteiger partial charge is 0.378 e. The number of hydrogen-bond donors (Lipinski definition) is 1. The van der Waals surface area contributed by atoms with Gasteiger partial charge in [0.05, 0.1) is 33.0 Å². The van der Waals surface area contributed by atoms with E-state index in [-0.39, 0.29) is 18.4 Å². The highest BCUT2D eigenvalue weighted by Gasteiger charge is 2.18. The number of morpholine rings is 2. The summed E-state index contributed by atoms with van der Waals surface area (Å²) < 4.78 is 10.4.